The second-order valence-electron chi connectivity index (χ2n) is 6.07. The van der Waals surface area contributed by atoms with E-state index in [1.54, 1.807) is 4.57 Å². The molecule has 0 atom stereocenters. The van der Waals surface area contributed by atoms with E-state index >= 15 is 0 Å². The minimum atomic E-state index is -0.546. The molecule has 3 rings (SSSR count). The van der Waals surface area contributed by atoms with Crippen molar-refractivity contribution in [3.63, 3.8) is 0 Å². The number of aromatic nitrogens is 1. The number of benzene rings is 1. The van der Waals surface area contributed by atoms with E-state index in [1.165, 1.54) is 0 Å². The Morgan fingerprint density at radius 2 is 1.90 bits per heavy atom. The third-order valence-corrected chi connectivity index (χ3v) is 3.40. The molecule has 0 bridgehead atoms. The standard InChI is InChI=1S/C16H17NO3/c1-16(2,3)20-15(19)14-10-6-4-5-7-11(10)17-12(14)8-9-13(17)18/h4-7H,8-9H2,1-3H3. The number of hydrogen-bond donors (Lipinski definition) is 0. The van der Waals surface area contributed by atoms with Crippen LogP contribution in [0.15, 0.2) is 24.3 Å². The molecule has 0 spiro atoms. The topological polar surface area (TPSA) is 48.3 Å². The zero-order chi connectivity index (χ0) is 14.5. The molecule has 20 heavy (non-hydrogen) atoms. The van der Waals surface area contributed by atoms with Crippen molar-refractivity contribution in [2.75, 3.05) is 0 Å². The van der Waals surface area contributed by atoms with Crippen molar-refractivity contribution in [3.8, 4) is 0 Å². The molecule has 0 amide bonds. The Morgan fingerprint density at radius 3 is 2.60 bits per heavy atom. The monoisotopic (exact) mass is 271 g/mol. The molecule has 2 aromatic rings. The second-order valence-corrected chi connectivity index (χ2v) is 6.07. The van der Waals surface area contributed by atoms with Gasteiger partial charge in [0.05, 0.1) is 11.1 Å². The van der Waals surface area contributed by atoms with E-state index in [-0.39, 0.29) is 11.9 Å². The largest absolute Gasteiger partial charge is 0.456 e. The summed E-state index contributed by atoms with van der Waals surface area (Å²) in [6, 6.07) is 7.49. The van der Waals surface area contributed by atoms with Gasteiger partial charge in [-0.3, -0.25) is 9.36 Å². The van der Waals surface area contributed by atoms with Crippen molar-refractivity contribution in [1.82, 2.24) is 4.57 Å². The minimum absolute atomic E-state index is 0.0472. The summed E-state index contributed by atoms with van der Waals surface area (Å²) in [7, 11) is 0. The molecule has 1 aromatic carbocycles. The van der Waals surface area contributed by atoms with Gasteiger partial charge in [-0.05, 0) is 33.3 Å². The first-order valence-electron chi connectivity index (χ1n) is 6.77. The molecule has 1 aromatic heterocycles. The molecule has 0 aliphatic carbocycles. The average Bonchev–Trinajstić information content (AvgIpc) is 2.85. The number of fused-ring (bicyclic) bond motifs is 3. The van der Waals surface area contributed by atoms with Crippen LogP contribution < -0.4 is 0 Å². The number of carbonyl (C=O) groups excluding carboxylic acids is 2. The summed E-state index contributed by atoms with van der Waals surface area (Å²) in [4.78, 5) is 24.5. The summed E-state index contributed by atoms with van der Waals surface area (Å²) in [6.07, 6.45) is 1.05. The van der Waals surface area contributed by atoms with Gasteiger partial charge in [0.1, 0.15) is 5.60 Å². The van der Waals surface area contributed by atoms with Crippen molar-refractivity contribution < 1.29 is 14.3 Å². The lowest BCUT2D eigenvalue weighted by Crippen LogP contribution is -2.24. The zero-order valence-electron chi connectivity index (χ0n) is 11.9. The molecule has 1 aliphatic rings. The quantitative estimate of drug-likeness (QED) is 0.748. The van der Waals surface area contributed by atoms with E-state index in [2.05, 4.69) is 0 Å². The highest BCUT2D eigenvalue weighted by molar-refractivity contribution is 6.10. The van der Waals surface area contributed by atoms with E-state index in [0.29, 0.717) is 18.4 Å². The predicted octanol–water partition coefficient (Wildman–Crippen LogP) is 3.18. The minimum Gasteiger partial charge on any atom is -0.456 e. The summed E-state index contributed by atoms with van der Waals surface area (Å²) >= 11 is 0. The molecular weight excluding hydrogens is 254 g/mol. The van der Waals surface area contributed by atoms with Crippen LogP contribution >= 0.6 is 0 Å². The lowest BCUT2D eigenvalue weighted by molar-refractivity contribution is 0.00707. The van der Waals surface area contributed by atoms with Crippen LogP contribution in [0.25, 0.3) is 10.9 Å². The Bertz CT molecular complexity index is 719. The van der Waals surface area contributed by atoms with Gasteiger partial charge in [0.2, 0.25) is 5.91 Å². The Balaban J connectivity index is 2.21. The summed E-state index contributed by atoms with van der Waals surface area (Å²) in [6.45, 7) is 5.53. The number of para-hydroxylation sites is 1. The molecule has 0 radical (unpaired) electrons. The van der Waals surface area contributed by atoms with Crippen LogP contribution in [0.4, 0.5) is 0 Å². The number of ether oxygens (including phenoxy) is 1. The van der Waals surface area contributed by atoms with Crippen LogP contribution in [0.2, 0.25) is 0 Å². The van der Waals surface area contributed by atoms with Crippen LogP contribution in [-0.2, 0) is 11.2 Å². The van der Waals surface area contributed by atoms with E-state index in [0.717, 1.165) is 16.6 Å². The summed E-state index contributed by atoms with van der Waals surface area (Å²) in [5.41, 5.74) is 1.58. The SMILES string of the molecule is CC(C)(C)OC(=O)c1c2n(c3ccccc13)C(=O)CC2. The van der Waals surface area contributed by atoms with Crippen LogP contribution in [0.3, 0.4) is 0 Å². The van der Waals surface area contributed by atoms with Gasteiger partial charge in [0.15, 0.2) is 0 Å². The van der Waals surface area contributed by atoms with Gasteiger partial charge in [-0.2, -0.15) is 0 Å². The smallest absolute Gasteiger partial charge is 0.341 e. The first-order chi connectivity index (χ1) is 9.38. The Hall–Kier alpha value is -2.10. The summed E-state index contributed by atoms with van der Waals surface area (Å²) < 4.78 is 7.15. The number of nitrogens with zero attached hydrogens (tertiary/aromatic N) is 1. The average molecular weight is 271 g/mol. The van der Waals surface area contributed by atoms with Gasteiger partial charge in [-0.15, -0.1) is 0 Å². The fourth-order valence-corrected chi connectivity index (χ4v) is 2.71. The predicted molar refractivity (Wildman–Crippen MR) is 76.1 cm³/mol. The van der Waals surface area contributed by atoms with Gasteiger partial charge < -0.3 is 4.74 Å². The van der Waals surface area contributed by atoms with Crippen LogP contribution in [0.1, 0.15) is 48.0 Å². The maximum Gasteiger partial charge on any atom is 0.341 e. The molecule has 4 nitrogen and oxygen atoms in total. The Labute approximate surface area is 117 Å². The molecule has 0 N–H and O–H groups in total. The Morgan fingerprint density at radius 1 is 1.20 bits per heavy atom. The normalized spacial score (nSPS) is 14.7. The van der Waals surface area contributed by atoms with Crippen molar-refractivity contribution in [2.24, 2.45) is 0 Å². The molecule has 104 valence electrons. The van der Waals surface area contributed by atoms with Crippen LogP contribution in [-0.4, -0.2) is 22.0 Å². The number of carbonyl (C=O) groups is 2. The molecular formula is C16H17NO3. The number of esters is 1. The highest BCUT2D eigenvalue weighted by Crippen LogP contribution is 2.32. The number of hydrogen-bond acceptors (Lipinski definition) is 3. The van der Waals surface area contributed by atoms with E-state index in [4.69, 9.17) is 4.74 Å². The highest BCUT2D eigenvalue weighted by Gasteiger charge is 2.31. The third-order valence-electron chi connectivity index (χ3n) is 3.40. The van der Waals surface area contributed by atoms with Crippen molar-refractivity contribution >= 4 is 22.8 Å². The van der Waals surface area contributed by atoms with Gasteiger partial charge in [0, 0.05) is 17.5 Å². The molecule has 0 fully saturated rings. The van der Waals surface area contributed by atoms with Gasteiger partial charge in [-0.25, -0.2) is 4.79 Å². The zero-order valence-corrected chi connectivity index (χ0v) is 11.9. The first-order valence-corrected chi connectivity index (χ1v) is 6.77. The van der Waals surface area contributed by atoms with Crippen LogP contribution in [0, 0.1) is 0 Å². The molecule has 0 saturated heterocycles. The molecule has 0 saturated carbocycles. The fourth-order valence-electron chi connectivity index (χ4n) is 2.71. The van der Waals surface area contributed by atoms with Gasteiger partial charge >= 0.3 is 5.97 Å². The number of rotatable bonds is 1. The molecule has 4 heteroatoms. The maximum atomic E-state index is 12.5. The summed E-state index contributed by atoms with van der Waals surface area (Å²) in [5.74, 6) is -0.303. The molecule has 2 heterocycles. The maximum absolute atomic E-state index is 12.5. The third kappa shape index (κ3) is 1.92. The van der Waals surface area contributed by atoms with Crippen molar-refractivity contribution in [1.29, 1.82) is 0 Å². The molecule has 0 unspecified atom stereocenters. The van der Waals surface area contributed by atoms with Crippen molar-refractivity contribution in [3.05, 3.63) is 35.5 Å². The van der Waals surface area contributed by atoms with Gasteiger partial charge in [0.25, 0.3) is 0 Å². The summed E-state index contributed by atoms with van der Waals surface area (Å²) in [5, 5.41) is 0.796. The fraction of sp³-hybridized carbons (Fsp3) is 0.375. The highest BCUT2D eigenvalue weighted by atomic mass is 16.6. The van der Waals surface area contributed by atoms with Crippen LogP contribution in [0.5, 0.6) is 0 Å². The second kappa shape index (κ2) is 4.20. The van der Waals surface area contributed by atoms with E-state index < -0.39 is 5.60 Å². The lowest BCUT2D eigenvalue weighted by Gasteiger charge is -2.19. The van der Waals surface area contributed by atoms with Crippen molar-refractivity contribution in [2.45, 2.75) is 39.2 Å². The van der Waals surface area contributed by atoms with E-state index in [9.17, 15) is 9.59 Å². The lowest BCUT2D eigenvalue weighted by atomic mass is 10.1. The van der Waals surface area contributed by atoms with Gasteiger partial charge in [-0.1, -0.05) is 18.2 Å². The first kappa shape index (κ1) is 12.9. The van der Waals surface area contributed by atoms with E-state index in [1.807, 2.05) is 45.0 Å². The molecule has 1 aliphatic heterocycles. The Kier molecular flexibility index (Phi) is 2.71.